The van der Waals surface area contributed by atoms with E-state index in [1.54, 1.807) is 12.4 Å². The van der Waals surface area contributed by atoms with Gasteiger partial charge in [-0.2, -0.15) is 10.4 Å². The number of amides is 1. The lowest BCUT2D eigenvalue weighted by atomic mass is 9.96. The number of fused-ring (bicyclic) bond motifs is 1. The van der Waals surface area contributed by atoms with Crippen LogP contribution in [0.5, 0.6) is 5.75 Å². The van der Waals surface area contributed by atoms with Gasteiger partial charge in [0.05, 0.1) is 18.2 Å². The van der Waals surface area contributed by atoms with Crippen LogP contribution in [-0.2, 0) is 13.2 Å². The molecule has 0 spiro atoms. The molecule has 1 aliphatic rings. The first kappa shape index (κ1) is 32.1. The Kier molecular flexibility index (Phi) is 9.28. The Morgan fingerprint density at radius 2 is 1.76 bits per heavy atom. The van der Waals surface area contributed by atoms with Crippen LogP contribution in [0.25, 0.3) is 22.4 Å². The van der Waals surface area contributed by atoms with Crippen molar-refractivity contribution in [3.63, 3.8) is 0 Å². The van der Waals surface area contributed by atoms with Crippen LogP contribution in [0.2, 0.25) is 18.1 Å². The van der Waals surface area contributed by atoms with E-state index in [2.05, 4.69) is 38.7 Å². The molecule has 0 saturated heterocycles. The second-order valence-electron chi connectivity index (χ2n) is 13.4. The monoisotopic (exact) mass is 621 g/mol. The van der Waals surface area contributed by atoms with Gasteiger partial charge in [-0.05, 0) is 83.9 Å². The Labute approximate surface area is 267 Å². The molecule has 8 nitrogen and oxygen atoms in total. The summed E-state index contributed by atoms with van der Waals surface area (Å²) in [4.78, 5) is 30.8. The van der Waals surface area contributed by atoms with Crippen molar-refractivity contribution in [3.8, 4) is 34.2 Å². The minimum absolute atomic E-state index is 0.0270. The van der Waals surface area contributed by atoms with Crippen molar-refractivity contribution in [3.05, 3.63) is 89.4 Å². The number of nitriles is 1. The fraction of sp³-hybridized carbons (Fsp3) is 0.389. The fourth-order valence-electron chi connectivity index (χ4n) is 5.70. The van der Waals surface area contributed by atoms with Crippen LogP contribution in [0.1, 0.15) is 73.6 Å². The zero-order valence-electron chi connectivity index (χ0n) is 27.2. The third-order valence-electron chi connectivity index (χ3n) is 9.27. The number of pyridine rings is 1. The normalized spacial score (nSPS) is 13.6. The molecule has 5 rings (SSSR count). The number of hydrogen-bond donors (Lipinski definition) is 1. The number of nitrogens with zero attached hydrogens (tertiary/aromatic N) is 5. The zero-order chi connectivity index (χ0) is 32.4. The van der Waals surface area contributed by atoms with Crippen LogP contribution in [0.15, 0.2) is 67.0 Å². The first-order valence-corrected chi connectivity index (χ1v) is 18.6. The average Bonchev–Trinajstić information content (AvgIpc) is 3.41. The molecule has 0 bridgehead atoms. The molecule has 234 valence electrons. The van der Waals surface area contributed by atoms with E-state index in [-0.39, 0.29) is 16.9 Å². The van der Waals surface area contributed by atoms with Crippen molar-refractivity contribution in [2.24, 2.45) is 0 Å². The SMILES string of the molecule is CC(C)c1ccc(COc2ccc(-c3c(-c4ccncc4)nn4c3C(=O)N(CCCC(C)(C)[Si](C)(C)O)CC4)cc2)cc1C#N. The van der Waals surface area contributed by atoms with E-state index in [1.807, 2.05) is 77.3 Å². The molecule has 2 aromatic carbocycles. The Balaban J connectivity index is 1.39. The van der Waals surface area contributed by atoms with Crippen molar-refractivity contribution in [1.82, 2.24) is 19.7 Å². The molecule has 4 aromatic rings. The van der Waals surface area contributed by atoms with Gasteiger partial charge in [0.1, 0.15) is 23.7 Å². The van der Waals surface area contributed by atoms with Gasteiger partial charge in [-0.15, -0.1) is 0 Å². The first-order valence-electron chi connectivity index (χ1n) is 15.7. The second kappa shape index (κ2) is 13.0. The molecule has 3 heterocycles. The highest BCUT2D eigenvalue weighted by atomic mass is 28.4. The van der Waals surface area contributed by atoms with E-state index >= 15 is 0 Å². The zero-order valence-corrected chi connectivity index (χ0v) is 28.2. The number of carbonyl (C=O) groups is 1. The minimum Gasteiger partial charge on any atom is -0.489 e. The Morgan fingerprint density at radius 3 is 2.40 bits per heavy atom. The highest BCUT2D eigenvalue weighted by molar-refractivity contribution is 6.72. The van der Waals surface area contributed by atoms with Crippen LogP contribution in [-0.4, -0.2) is 51.8 Å². The summed E-state index contributed by atoms with van der Waals surface area (Å²) in [7, 11) is -2.32. The number of aromatic nitrogens is 3. The van der Waals surface area contributed by atoms with Crippen molar-refractivity contribution in [2.75, 3.05) is 13.1 Å². The molecular formula is C36H43N5O3Si. The molecule has 0 atom stereocenters. The average molecular weight is 622 g/mol. The van der Waals surface area contributed by atoms with Gasteiger partial charge in [0.25, 0.3) is 5.91 Å². The van der Waals surface area contributed by atoms with E-state index in [4.69, 9.17) is 9.84 Å². The Bertz CT molecular complexity index is 1700. The molecule has 0 radical (unpaired) electrons. The standard InChI is InChI=1S/C36H43N5O3Si/c1-25(2)31-13-8-26(22-29(31)23-37)24-44-30-11-9-27(10-12-30)32-33(28-14-17-38-18-15-28)39-41-21-20-40(35(42)34(32)41)19-7-16-36(3,4)45(5,6)43/h8-15,17-18,22,25,43H,7,16,19-21,24H2,1-6H3. The highest BCUT2D eigenvalue weighted by Gasteiger charge is 2.38. The maximum atomic E-state index is 14.0. The number of ether oxygens (including phenoxy) is 1. The van der Waals surface area contributed by atoms with Gasteiger partial charge in [-0.25, -0.2) is 0 Å². The van der Waals surface area contributed by atoms with Gasteiger partial charge in [0, 0.05) is 36.6 Å². The molecule has 0 saturated carbocycles. The summed E-state index contributed by atoms with van der Waals surface area (Å²) in [5.41, 5.74) is 6.57. The van der Waals surface area contributed by atoms with Gasteiger partial charge in [0.2, 0.25) is 0 Å². The van der Waals surface area contributed by atoms with E-state index in [1.165, 1.54) is 0 Å². The summed E-state index contributed by atoms with van der Waals surface area (Å²) < 4.78 is 7.94. The number of rotatable bonds is 11. The van der Waals surface area contributed by atoms with Gasteiger partial charge >= 0.3 is 0 Å². The number of carbonyl (C=O) groups excluding carboxylic acids is 1. The van der Waals surface area contributed by atoms with Gasteiger partial charge in [-0.3, -0.25) is 14.5 Å². The molecule has 45 heavy (non-hydrogen) atoms. The van der Waals surface area contributed by atoms with Gasteiger partial charge in [0.15, 0.2) is 8.32 Å². The quantitative estimate of drug-likeness (QED) is 0.175. The smallest absolute Gasteiger partial charge is 0.272 e. The molecule has 9 heteroatoms. The summed E-state index contributed by atoms with van der Waals surface area (Å²) in [6.45, 7) is 14.6. The third-order valence-corrected chi connectivity index (χ3v) is 12.8. The lowest BCUT2D eigenvalue weighted by Gasteiger charge is -2.36. The van der Waals surface area contributed by atoms with Crippen molar-refractivity contribution < 1.29 is 14.3 Å². The van der Waals surface area contributed by atoms with Crippen molar-refractivity contribution in [2.45, 2.75) is 77.7 Å². The summed E-state index contributed by atoms with van der Waals surface area (Å²) in [5.74, 6) is 0.948. The lowest BCUT2D eigenvalue weighted by molar-refractivity contribution is 0.0694. The van der Waals surface area contributed by atoms with Crippen LogP contribution in [0, 0.1) is 11.3 Å². The van der Waals surface area contributed by atoms with Crippen LogP contribution >= 0.6 is 0 Å². The van der Waals surface area contributed by atoms with Crippen LogP contribution in [0.4, 0.5) is 0 Å². The van der Waals surface area contributed by atoms with Crippen LogP contribution in [0.3, 0.4) is 0 Å². The second-order valence-corrected chi connectivity index (χ2v) is 17.8. The van der Waals surface area contributed by atoms with E-state index < -0.39 is 8.32 Å². The number of benzene rings is 2. The molecule has 0 fully saturated rings. The highest BCUT2D eigenvalue weighted by Crippen LogP contribution is 2.40. The molecular weight excluding hydrogens is 579 g/mol. The summed E-state index contributed by atoms with van der Waals surface area (Å²) >= 11 is 0. The molecule has 1 N–H and O–H groups in total. The summed E-state index contributed by atoms with van der Waals surface area (Å²) in [5, 5.41) is 14.4. The fourth-order valence-corrected chi connectivity index (χ4v) is 6.49. The molecule has 0 aliphatic carbocycles. The maximum Gasteiger partial charge on any atom is 0.272 e. The Hall–Kier alpha value is -4.26. The first-order chi connectivity index (χ1) is 21.4. The van der Waals surface area contributed by atoms with Crippen molar-refractivity contribution >= 4 is 14.2 Å². The van der Waals surface area contributed by atoms with Crippen LogP contribution < -0.4 is 4.74 Å². The summed E-state index contributed by atoms with van der Waals surface area (Å²) in [6.07, 6.45) is 5.17. The van der Waals surface area contributed by atoms with Crippen molar-refractivity contribution in [1.29, 1.82) is 5.26 Å². The lowest BCUT2D eigenvalue weighted by Crippen LogP contribution is -2.42. The van der Waals surface area contributed by atoms with E-state index in [0.717, 1.165) is 46.4 Å². The van der Waals surface area contributed by atoms with E-state index in [0.29, 0.717) is 43.2 Å². The third kappa shape index (κ3) is 6.87. The molecule has 1 amide bonds. The topological polar surface area (TPSA) is 104 Å². The number of hydrogen-bond acceptors (Lipinski definition) is 6. The predicted molar refractivity (Wildman–Crippen MR) is 179 cm³/mol. The molecule has 1 aliphatic heterocycles. The largest absolute Gasteiger partial charge is 0.489 e. The maximum absolute atomic E-state index is 14.0. The predicted octanol–water partition coefficient (Wildman–Crippen LogP) is 7.40. The van der Waals surface area contributed by atoms with Gasteiger partial charge < -0.3 is 14.4 Å². The van der Waals surface area contributed by atoms with Gasteiger partial charge in [-0.1, -0.05) is 52.0 Å². The summed E-state index contributed by atoms with van der Waals surface area (Å²) in [6, 6.07) is 19.8. The van der Waals surface area contributed by atoms with E-state index in [9.17, 15) is 14.9 Å². The minimum atomic E-state index is -2.32. The molecule has 0 unspecified atom stereocenters. The molecule has 2 aromatic heterocycles. The Morgan fingerprint density at radius 1 is 1.04 bits per heavy atom.